The molecule has 0 aliphatic heterocycles. The highest BCUT2D eigenvalue weighted by molar-refractivity contribution is 5.95. The lowest BCUT2D eigenvalue weighted by Crippen LogP contribution is -2.20. The number of ether oxygens (including phenoxy) is 2. The number of benzene rings is 2. The minimum Gasteiger partial charge on any atom is -0.452 e. The molecule has 5 heteroatoms. The third-order valence-electron chi connectivity index (χ3n) is 3.16. The van der Waals surface area contributed by atoms with Crippen LogP contribution in [0.25, 0.3) is 0 Å². The number of esters is 1. The Morgan fingerprint density at radius 2 is 1.67 bits per heavy atom. The van der Waals surface area contributed by atoms with Crippen molar-refractivity contribution >= 4 is 17.6 Å². The minimum atomic E-state index is -0.533. The van der Waals surface area contributed by atoms with Crippen LogP contribution in [0.5, 0.6) is 0 Å². The highest BCUT2D eigenvalue weighted by atomic mass is 16.5. The molecule has 0 bridgehead atoms. The molecule has 0 saturated carbocycles. The predicted octanol–water partition coefficient (Wildman–Crippen LogP) is 3.41. The molecule has 0 aliphatic carbocycles. The smallest absolute Gasteiger partial charge is 0.338 e. The molecule has 0 aliphatic rings. The quantitative estimate of drug-likeness (QED) is 0.792. The van der Waals surface area contributed by atoms with Crippen molar-refractivity contribution in [1.82, 2.24) is 0 Å². The molecule has 2 aromatic carbocycles. The van der Waals surface area contributed by atoms with Crippen molar-refractivity contribution in [2.75, 3.05) is 11.9 Å². The van der Waals surface area contributed by atoms with Crippen molar-refractivity contribution in [3.8, 4) is 0 Å². The van der Waals surface area contributed by atoms with E-state index in [1.807, 2.05) is 44.2 Å². The summed E-state index contributed by atoms with van der Waals surface area (Å²) >= 11 is 0. The van der Waals surface area contributed by atoms with Crippen LogP contribution < -0.4 is 5.32 Å². The number of hydrogen-bond acceptors (Lipinski definition) is 4. The lowest BCUT2D eigenvalue weighted by atomic mass is 10.1. The highest BCUT2D eigenvalue weighted by Crippen LogP contribution is 2.09. The van der Waals surface area contributed by atoms with E-state index in [2.05, 4.69) is 5.32 Å². The topological polar surface area (TPSA) is 64.6 Å². The summed E-state index contributed by atoms with van der Waals surface area (Å²) in [5.41, 5.74) is 2.03. The van der Waals surface area contributed by atoms with E-state index in [0.717, 1.165) is 5.56 Å². The molecule has 1 N–H and O–H groups in total. The standard InChI is InChI=1S/C19H21NO4/c1-14(2)23-12-15-8-10-16(11-9-15)19(22)24-13-18(21)20-17-6-4-3-5-7-17/h3-11,14H,12-13H2,1-2H3,(H,20,21). The molecule has 0 saturated heterocycles. The first-order valence-electron chi connectivity index (χ1n) is 7.77. The van der Waals surface area contributed by atoms with E-state index in [1.54, 1.807) is 24.3 Å². The summed E-state index contributed by atoms with van der Waals surface area (Å²) in [5.74, 6) is -0.911. The van der Waals surface area contributed by atoms with Gasteiger partial charge in [-0.15, -0.1) is 0 Å². The Bertz CT molecular complexity index is 666. The summed E-state index contributed by atoms with van der Waals surface area (Å²) in [6.07, 6.45) is 0.151. The first-order valence-corrected chi connectivity index (χ1v) is 7.77. The molecule has 5 nitrogen and oxygen atoms in total. The number of amides is 1. The van der Waals surface area contributed by atoms with Crippen molar-refractivity contribution in [2.45, 2.75) is 26.6 Å². The Morgan fingerprint density at radius 1 is 1.00 bits per heavy atom. The lowest BCUT2D eigenvalue weighted by molar-refractivity contribution is -0.119. The Balaban J connectivity index is 1.80. The molecule has 2 rings (SSSR count). The first-order chi connectivity index (χ1) is 11.5. The number of carbonyl (C=O) groups is 2. The normalized spacial score (nSPS) is 10.5. The second kappa shape index (κ2) is 8.84. The number of rotatable bonds is 7. The fourth-order valence-corrected chi connectivity index (χ4v) is 1.93. The second-order valence-electron chi connectivity index (χ2n) is 5.55. The van der Waals surface area contributed by atoms with Gasteiger partial charge in [-0.1, -0.05) is 30.3 Å². The zero-order chi connectivity index (χ0) is 17.4. The Labute approximate surface area is 141 Å². The fraction of sp³-hybridized carbons (Fsp3) is 0.263. The van der Waals surface area contributed by atoms with Gasteiger partial charge in [0.1, 0.15) is 0 Å². The maximum Gasteiger partial charge on any atom is 0.338 e. The van der Waals surface area contributed by atoms with Crippen LogP contribution in [-0.2, 0) is 20.9 Å². The summed E-state index contributed by atoms with van der Waals surface area (Å²) in [7, 11) is 0. The summed E-state index contributed by atoms with van der Waals surface area (Å²) in [4.78, 5) is 23.7. The molecule has 0 radical (unpaired) electrons. The highest BCUT2D eigenvalue weighted by Gasteiger charge is 2.10. The van der Waals surface area contributed by atoms with E-state index < -0.39 is 5.97 Å². The van der Waals surface area contributed by atoms with E-state index in [4.69, 9.17) is 9.47 Å². The second-order valence-corrected chi connectivity index (χ2v) is 5.55. The van der Waals surface area contributed by atoms with E-state index >= 15 is 0 Å². The molecule has 0 fully saturated rings. The van der Waals surface area contributed by atoms with Crippen molar-refractivity contribution in [1.29, 1.82) is 0 Å². The number of hydrogen-bond donors (Lipinski definition) is 1. The molecule has 1 amide bonds. The lowest BCUT2D eigenvalue weighted by Gasteiger charge is -2.09. The fourth-order valence-electron chi connectivity index (χ4n) is 1.93. The summed E-state index contributed by atoms with van der Waals surface area (Å²) in [6, 6.07) is 15.9. The molecular weight excluding hydrogens is 306 g/mol. The number of nitrogens with one attached hydrogen (secondary N) is 1. The van der Waals surface area contributed by atoms with E-state index in [1.165, 1.54) is 0 Å². The van der Waals surface area contributed by atoms with E-state index in [-0.39, 0.29) is 18.6 Å². The van der Waals surface area contributed by atoms with E-state index in [0.29, 0.717) is 17.9 Å². The molecule has 0 aromatic heterocycles. The molecule has 0 unspecified atom stereocenters. The maximum absolute atomic E-state index is 11.9. The van der Waals surface area contributed by atoms with Crippen molar-refractivity contribution in [3.05, 3.63) is 65.7 Å². The summed E-state index contributed by atoms with van der Waals surface area (Å²) in [5, 5.41) is 2.65. The molecule has 24 heavy (non-hydrogen) atoms. The van der Waals surface area contributed by atoms with Crippen LogP contribution in [-0.4, -0.2) is 24.6 Å². The first kappa shape index (κ1) is 17.7. The van der Waals surface area contributed by atoms with Gasteiger partial charge in [0.25, 0.3) is 5.91 Å². The average molecular weight is 327 g/mol. The van der Waals surface area contributed by atoms with Gasteiger partial charge in [-0.05, 0) is 43.7 Å². The monoisotopic (exact) mass is 327 g/mol. The van der Waals surface area contributed by atoms with Gasteiger partial charge in [-0.2, -0.15) is 0 Å². The Morgan fingerprint density at radius 3 is 2.29 bits per heavy atom. The molecule has 0 heterocycles. The van der Waals surface area contributed by atoms with Gasteiger partial charge >= 0.3 is 5.97 Å². The van der Waals surface area contributed by atoms with Gasteiger partial charge in [0, 0.05) is 5.69 Å². The number of para-hydroxylation sites is 1. The van der Waals surface area contributed by atoms with Gasteiger partial charge in [0.2, 0.25) is 0 Å². The molecule has 0 spiro atoms. The SMILES string of the molecule is CC(C)OCc1ccc(C(=O)OCC(=O)Nc2ccccc2)cc1. The van der Waals surface area contributed by atoms with Gasteiger partial charge in [-0.25, -0.2) is 4.79 Å². The minimum absolute atomic E-state index is 0.151. The Hall–Kier alpha value is -2.66. The van der Waals surface area contributed by atoms with Gasteiger partial charge in [-0.3, -0.25) is 4.79 Å². The molecule has 126 valence electrons. The van der Waals surface area contributed by atoms with Gasteiger partial charge in [0.05, 0.1) is 18.3 Å². The third kappa shape index (κ3) is 5.85. The van der Waals surface area contributed by atoms with Crippen molar-refractivity contribution in [3.63, 3.8) is 0 Å². The van der Waals surface area contributed by atoms with Gasteiger partial charge < -0.3 is 14.8 Å². The Kier molecular flexibility index (Phi) is 6.51. The van der Waals surface area contributed by atoms with Crippen LogP contribution in [0.2, 0.25) is 0 Å². The largest absolute Gasteiger partial charge is 0.452 e. The maximum atomic E-state index is 11.9. The van der Waals surface area contributed by atoms with Crippen LogP contribution in [0.15, 0.2) is 54.6 Å². The van der Waals surface area contributed by atoms with Crippen LogP contribution in [0.4, 0.5) is 5.69 Å². The van der Waals surface area contributed by atoms with E-state index in [9.17, 15) is 9.59 Å². The summed E-state index contributed by atoms with van der Waals surface area (Å²) in [6.45, 7) is 4.09. The van der Waals surface area contributed by atoms with Crippen LogP contribution in [0.1, 0.15) is 29.8 Å². The van der Waals surface area contributed by atoms with Gasteiger partial charge in [0.15, 0.2) is 6.61 Å². The van der Waals surface area contributed by atoms with Crippen LogP contribution >= 0.6 is 0 Å². The molecule has 0 atom stereocenters. The zero-order valence-electron chi connectivity index (χ0n) is 13.8. The van der Waals surface area contributed by atoms with Crippen molar-refractivity contribution < 1.29 is 19.1 Å². The summed E-state index contributed by atoms with van der Waals surface area (Å²) < 4.78 is 10.5. The van der Waals surface area contributed by atoms with Crippen molar-refractivity contribution in [2.24, 2.45) is 0 Å². The van der Waals surface area contributed by atoms with Crippen LogP contribution in [0.3, 0.4) is 0 Å². The zero-order valence-corrected chi connectivity index (χ0v) is 13.8. The predicted molar refractivity (Wildman–Crippen MR) is 91.7 cm³/mol. The molecule has 2 aromatic rings. The molecular formula is C19H21NO4. The number of carbonyl (C=O) groups excluding carboxylic acids is 2. The van der Waals surface area contributed by atoms with Crippen LogP contribution in [0, 0.1) is 0 Å². The average Bonchev–Trinajstić information content (AvgIpc) is 2.59. The third-order valence-corrected chi connectivity index (χ3v) is 3.16. The number of anilines is 1.